The van der Waals surface area contributed by atoms with E-state index in [1.165, 1.54) is 9.13 Å². The van der Waals surface area contributed by atoms with Crippen LogP contribution in [0, 0.1) is 3.57 Å². The van der Waals surface area contributed by atoms with Crippen molar-refractivity contribution in [3.63, 3.8) is 0 Å². The number of thiocarbonyl (C=S) groups is 1. The summed E-state index contributed by atoms with van der Waals surface area (Å²) in [4.78, 5) is 4.69. The molecule has 0 aromatic heterocycles. The lowest BCUT2D eigenvalue weighted by atomic mass is 10.1. The molecule has 7 heteroatoms. The monoisotopic (exact) mass is 481 g/mol. The van der Waals surface area contributed by atoms with Crippen LogP contribution in [0.3, 0.4) is 0 Å². The Morgan fingerprint density at radius 2 is 1.81 bits per heavy atom. The van der Waals surface area contributed by atoms with Crippen molar-refractivity contribution in [1.82, 2.24) is 9.80 Å². The topological polar surface area (TPSA) is 37.0 Å². The van der Waals surface area contributed by atoms with Gasteiger partial charge in [0.1, 0.15) is 0 Å². The Bertz CT molecular complexity index is 809. The standard InChI is InChI=1S/C19H20IN3O2S/c20-15-3-1-2-4-16(15)21-19(26)23-9-7-22(8-10-23)12-14-5-6-17-18(11-14)25-13-24-17/h1-6,11H,7-10,12-13H2,(H,21,26). The highest BCUT2D eigenvalue weighted by atomic mass is 127. The summed E-state index contributed by atoms with van der Waals surface area (Å²) in [6, 6.07) is 14.4. The van der Waals surface area contributed by atoms with Gasteiger partial charge in [0.05, 0.1) is 5.69 Å². The van der Waals surface area contributed by atoms with Gasteiger partial charge in [0.2, 0.25) is 6.79 Å². The summed E-state index contributed by atoms with van der Waals surface area (Å²) in [5.41, 5.74) is 2.32. The predicted molar refractivity (Wildman–Crippen MR) is 115 cm³/mol. The van der Waals surface area contributed by atoms with Crippen molar-refractivity contribution in [2.24, 2.45) is 0 Å². The molecule has 2 aromatic carbocycles. The Balaban J connectivity index is 1.30. The van der Waals surface area contributed by atoms with Crippen molar-refractivity contribution in [3.05, 3.63) is 51.6 Å². The predicted octanol–water partition coefficient (Wildman–Crippen LogP) is 3.53. The van der Waals surface area contributed by atoms with Crippen LogP contribution in [-0.2, 0) is 6.54 Å². The summed E-state index contributed by atoms with van der Waals surface area (Å²) in [6.07, 6.45) is 0. The summed E-state index contributed by atoms with van der Waals surface area (Å²) in [5, 5.41) is 4.18. The van der Waals surface area contributed by atoms with Crippen LogP contribution in [0.5, 0.6) is 11.5 Å². The van der Waals surface area contributed by atoms with E-state index < -0.39 is 0 Å². The fraction of sp³-hybridized carbons (Fsp3) is 0.316. The number of piperazine rings is 1. The second-order valence-electron chi connectivity index (χ2n) is 6.36. The van der Waals surface area contributed by atoms with E-state index in [1.54, 1.807) is 0 Å². The summed E-state index contributed by atoms with van der Waals surface area (Å²) in [6.45, 7) is 5.08. The third-order valence-electron chi connectivity index (χ3n) is 4.62. The van der Waals surface area contributed by atoms with Gasteiger partial charge >= 0.3 is 0 Å². The highest BCUT2D eigenvalue weighted by molar-refractivity contribution is 14.1. The maximum atomic E-state index is 5.60. The highest BCUT2D eigenvalue weighted by Gasteiger charge is 2.20. The molecule has 26 heavy (non-hydrogen) atoms. The maximum Gasteiger partial charge on any atom is 0.231 e. The van der Waals surface area contributed by atoms with Gasteiger partial charge in [-0.15, -0.1) is 0 Å². The number of hydrogen-bond donors (Lipinski definition) is 1. The molecule has 0 aliphatic carbocycles. The third kappa shape index (κ3) is 4.05. The van der Waals surface area contributed by atoms with E-state index in [0.29, 0.717) is 6.79 Å². The number of anilines is 1. The highest BCUT2D eigenvalue weighted by Crippen LogP contribution is 2.32. The summed E-state index contributed by atoms with van der Waals surface area (Å²) < 4.78 is 12.0. The molecule has 0 radical (unpaired) electrons. The molecule has 1 N–H and O–H groups in total. The zero-order valence-corrected chi connectivity index (χ0v) is 17.3. The summed E-state index contributed by atoms with van der Waals surface area (Å²) >= 11 is 7.93. The molecule has 136 valence electrons. The number of ether oxygens (including phenoxy) is 2. The van der Waals surface area contributed by atoms with E-state index in [2.05, 4.69) is 62.0 Å². The second kappa shape index (κ2) is 7.98. The van der Waals surface area contributed by atoms with Crippen LogP contribution < -0.4 is 14.8 Å². The molecule has 1 fully saturated rings. The van der Waals surface area contributed by atoms with Crippen molar-refractivity contribution in [3.8, 4) is 11.5 Å². The molecule has 1 saturated heterocycles. The van der Waals surface area contributed by atoms with Gasteiger partial charge in [-0.1, -0.05) is 18.2 Å². The second-order valence-corrected chi connectivity index (χ2v) is 7.91. The molecule has 0 atom stereocenters. The number of rotatable bonds is 3. The van der Waals surface area contributed by atoms with Crippen LogP contribution >= 0.6 is 34.8 Å². The first-order chi connectivity index (χ1) is 12.7. The number of nitrogens with one attached hydrogen (secondary N) is 1. The first-order valence-electron chi connectivity index (χ1n) is 8.60. The zero-order chi connectivity index (χ0) is 17.9. The van der Waals surface area contributed by atoms with Gasteiger partial charge < -0.3 is 19.7 Å². The lowest BCUT2D eigenvalue weighted by Gasteiger charge is -2.36. The van der Waals surface area contributed by atoms with Gasteiger partial charge in [0, 0.05) is 36.3 Å². The molecule has 4 rings (SSSR count). The zero-order valence-electron chi connectivity index (χ0n) is 14.3. The van der Waals surface area contributed by atoms with E-state index in [1.807, 2.05) is 18.2 Å². The van der Waals surface area contributed by atoms with Crippen molar-refractivity contribution >= 4 is 45.6 Å². The third-order valence-corrected chi connectivity index (χ3v) is 5.92. The molecule has 2 heterocycles. The van der Waals surface area contributed by atoms with Gasteiger partial charge in [-0.3, -0.25) is 4.90 Å². The van der Waals surface area contributed by atoms with E-state index >= 15 is 0 Å². The summed E-state index contributed by atoms with van der Waals surface area (Å²) in [7, 11) is 0. The minimum atomic E-state index is 0.322. The van der Waals surface area contributed by atoms with E-state index in [-0.39, 0.29) is 0 Å². The van der Waals surface area contributed by atoms with Crippen LogP contribution in [0.1, 0.15) is 5.56 Å². The smallest absolute Gasteiger partial charge is 0.231 e. The van der Waals surface area contributed by atoms with E-state index in [0.717, 1.165) is 55.0 Å². The SMILES string of the molecule is S=C(Nc1ccccc1I)N1CCN(Cc2ccc3c(c2)OCO3)CC1. The molecule has 0 bridgehead atoms. The Morgan fingerprint density at radius 3 is 2.62 bits per heavy atom. The maximum absolute atomic E-state index is 5.60. The van der Waals surface area contributed by atoms with Crippen molar-refractivity contribution < 1.29 is 9.47 Å². The molecule has 2 aromatic rings. The van der Waals surface area contributed by atoms with Crippen LogP contribution in [0.2, 0.25) is 0 Å². The molecule has 0 amide bonds. The van der Waals surface area contributed by atoms with Gasteiger partial charge in [-0.05, 0) is 64.6 Å². The average Bonchev–Trinajstić information content (AvgIpc) is 3.12. The number of fused-ring (bicyclic) bond motifs is 1. The van der Waals surface area contributed by atoms with Gasteiger partial charge in [-0.25, -0.2) is 0 Å². The molecular weight excluding hydrogens is 461 g/mol. The molecule has 0 spiro atoms. The number of hydrogen-bond acceptors (Lipinski definition) is 4. The molecular formula is C19H20IN3O2S. The first-order valence-corrected chi connectivity index (χ1v) is 10.1. The van der Waals surface area contributed by atoms with Crippen LogP contribution in [-0.4, -0.2) is 47.9 Å². The Labute approximate surface area is 172 Å². The lowest BCUT2D eigenvalue weighted by Crippen LogP contribution is -2.49. The molecule has 5 nitrogen and oxygen atoms in total. The van der Waals surface area contributed by atoms with Crippen LogP contribution in [0.4, 0.5) is 5.69 Å². The Morgan fingerprint density at radius 1 is 1.04 bits per heavy atom. The Kier molecular flexibility index (Phi) is 5.46. The van der Waals surface area contributed by atoms with E-state index in [9.17, 15) is 0 Å². The molecule has 0 saturated carbocycles. The largest absolute Gasteiger partial charge is 0.454 e. The van der Waals surface area contributed by atoms with Crippen LogP contribution in [0.15, 0.2) is 42.5 Å². The van der Waals surface area contributed by atoms with Crippen molar-refractivity contribution in [1.29, 1.82) is 0 Å². The molecule has 2 aliphatic rings. The van der Waals surface area contributed by atoms with Gasteiger partial charge in [0.25, 0.3) is 0 Å². The molecule has 2 aliphatic heterocycles. The fourth-order valence-electron chi connectivity index (χ4n) is 3.16. The first kappa shape index (κ1) is 17.8. The van der Waals surface area contributed by atoms with Crippen molar-refractivity contribution in [2.45, 2.75) is 6.54 Å². The quantitative estimate of drug-likeness (QED) is 0.534. The van der Waals surface area contributed by atoms with Gasteiger partial charge in [-0.2, -0.15) is 0 Å². The molecule has 0 unspecified atom stereocenters. The normalized spacial score (nSPS) is 16.6. The van der Waals surface area contributed by atoms with Gasteiger partial charge in [0.15, 0.2) is 16.6 Å². The summed E-state index contributed by atoms with van der Waals surface area (Å²) in [5.74, 6) is 1.69. The number of para-hydroxylation sites is 1. The van der Waals surface area contributed by atoms with Crippen LogP contribution in [0.25, 0.3) is 0 Å². The number of nitrogens with zero attached hydrogens (tertiary/aromatic N) is 2. The number of halogens is 1. The lowest BCUT2D eigenvalue weighted by molar-refractivity contribution is 0.173. The average molecular weight is 481 g/mol. The van der Waals surface area contributed by atoms with Crippen molar-refractivity contribution in [2.75, 3.05) is 38.3 Å². The minimum absolute atomic E-state index is 0.322. The Hall–Kier alpha value is -1.58. The van der Waals surface area contributed by atoms with E-state index in [4.69, 9.17) is 21.7 Å². The minimum Gasteiger partial charge on any atom is -0.454 e. The number of benzene rings is 2. The fourth-order valence-corrected chi connectivity index (χ4v) is 3.98.